The van der Waals surface area contributed by atoms with Crippen LogP contribution in [0.15, 0.2) is 28.6 Å². The summed E-state index contributed by atoms with van der Waals surface area (Å²) in [5, 5.41) is 13.1. The van der Waals surface area contributed by atoms with Crippen LogP contribution < -0.4 is 10.6 Å². The second-order valence-corrected chi connectivity index (χ2v) is 8.13. The zero-order valence-corrected chi connectivity index (χ0v) is 16.1. The Morgan fingerprint density at radius 1 is 1.19 bits per heavy atom. The Kier molecular flexibility index (Phi) is 7.19. The standard InChI is InChI=1S/C16H17F3N4O2S2/c1-9(2)6-12(24)21-14-22-23-15(27-14)26-8-13(25)20-11-5-3-4-10(7-11)16(17,18)19/h3-5,7,9H,6,8H2,1-2H3,(H,20,25)(H,21,22,24). The van der Waals surface area contributed by atoms with Crippen LogP contribution >= 0.6 is 23.1 Å². The highest BCUT2D eigenvalue weighted by molar-refractivity contribution is 8.01. The van der Waals surface area contributed by atoms with E-state index >= 15 is 0 Å². The molecule has 2 amide bonds. The van der Waals surface area contributed by atoms with E-state index in [1.165, 1.54) is 12.1 Å². The van der Waals surface area contributed by atoms with Gasteiger partial charge in [-0.15, -0.1) is 10.2 Å². The predicted octanol–water partition coefficient (Wildman–Crippen LogP) is 4.27. The van der Waals surface area contributed by atoms with E-state index in [-0.39, 0.29) is 23.3 Å². The maximum atomic E-state index is 12.7. The van der Waals surface area contributed by atoms with Gasteiger partial charge in [-0.3, -0.25) is 9.59 Å². The van der Waals surface area contributed by atoms with Crippen LogP contribution in [0.1, 0.15) is 25.8 Å². The fraction of sp³-hybridized carbons (Fsp3) is 0.375. The number of alkyl halides is 3. The third-order valence-corrected chi connectivity index (χ3v) is 5.02. The monoisotopic (exact) mass is 418 g/mol. The Hall–Kier alpha value is -2.14. The highest BCUT2D eigenvalue weighted by Crippen LogP contribution is 2.31. The lowest BCUT2D eigenvalue weighted by molar-refractivity contribution is -0.137. The van der Waals surface area contributed by atoms with Crippen molar-refractivity contribution in [3.8, 4) is 0 Å². The minimum absolute atomic E-state index is 0.0508. The van der Waals surface area contributed by atoms with Crippen molar-refractivity contribution < 1.29 is 22.8 Å². The summed E-state index contributed by atoms with van der Waals surface area (Å²) >= 11 is 2.20. The minimum atomic E-state index is -4.47. The summed E-state index contributed by atoms with van der Waals surface area (Å²) in [7, 11) is 0. The van der Waals surface area contributed by atoms with Crippen molar-refractivity contribution in [1.29, 1.82) is 0 Å². The average Bonchev–Trinajstić information content (AvgIpc) is 2.99. The van der Waals surface area contributed by atoms with Gasteiger partial charge >= 0.3 is 6.18 Å². The number of rotatable bonds is 7. The molecule has 0 atom stereocenters. The summed E-state index contributed by atoms with van der Waals surface area (Å²) in [4.78, 5) is 23.6. The number of anilines is 2. The lowest BCUT2D eigenvalue weighted by atomic mass is 10.1. The molecular weight excluding hydrogens is 401 g/mol. The van der Waals surface area contributed by atoms with Crippen LogP contribution in [0.25, 0.3) is 0 Å². The summed E-state index contributed by atoms with van der Waals surface area (Å²) in [5.41, 5.74) is -0.770. The first-order valence-corrected chi connectivity index (χ1v) is 9.67. The van der Waals surface area contributed by atoms with Gasteiger partial charge in [0.05, 0.1) is 11.3 Å². The zero-order chi connectivity index (χ0) is 20.0. The van der Waals surface area contributed by atoms with Crippen LogP contribution in [-0.4, -0.2) is 27.8 Å². The summed E-state index contributed by atoms with van der Waals surface area (Å²) in [6.07, 6.45) is -4.11. The molecule has 0 aliphatic rings. The Labute approximate surface area is 161 Å². The van der Waals surface area contributed by atoms with Crippen LogP contribution in [-0.2, 0) is 15.8 Å². The minimum Gasteiger partial charge on any atom is -0.325 e. The summed E-state index contributed by atoms with van der Waals surface area (Å²) in [6, 6.07) is 4.41. The third kappa shape index (κ3) is 7.18. The lowest BCUT2D eigenvalue weighted by Gasteiger charge is -2.09. The molecule has 0 spiro atoms. The Balaban J connectivity index is 1.85. The van der Waals surface area contributed by atoms with E-state index in [4.69, 9.17) is 0 Å². The number of halogens is 3. The van der Waals surface area contributed by atoms with Crippen LogP contribution in [0.4, 0.5) is 24.0 Å². The van der Waals surface area contributed by atoms with Crippen LogP contribution in [0, 0.1) is 5.92 Å². The number of carbonyl (C=O) groups excluding carboxylic acids is 2. The van der Waals surface area contributed by atoms with E-state index in [1.807, 2.05) is 13.8 Å². The van der Waals surface area contributed by atoms with Crippen molar-refractivity contribution in [3.63, 3.8) is 0 Å². The molecule has 2 N–H and O–H groups in total. The first-order valence-electron chi connectivity index (χ1n) is 7.86. The summed E-state index contributed by atoms with van der Waals surface area (Å²) in [5.74, 6) is -0.476. The van der Waals surface area contributed by atoms with Gasteiger partial charge in [0.2, 0.25) is 16.9 Å². The highest BCUT2D eigenvalue weighted by atomic mass is 32.2. The van der Waals surface area contributed by atoms with Gasteiger partial charge in [0.1, 0.15) is 0 Å². The van der Waals surface area contributed by atoms with Crippen LogP contribution in [0.2, 0.25) is 0 Å². The molecule has 0 bridgehead atoms. The number of hydrogen-bond acceptors (Lipinski definition) is 6. The molecule has 1 aromatic heterocycles. The van der Waals surface area contributed by atoms with E-state index in [1.54, 1.807) is 0 Å². The number of nitrogens with zero attached hydrogens (tertiary/aromatic N) is 2. The molecule has 0 aliphatic carbocycles. The van der Waals surface area contributed by atoms with Gasteiger partial charge in [0.25, 0.3) is 0 Å². The molecule has 27 heavy (non-hydrogen) atoms. The molecule has 2 rings (SSSR count). The van der Waals surface area contributed by atoms with Gasteiger partial charge in [-0.2, -0.15) is 13.2 Å². The van der Waals surface area contributed by atoms with Crippen molar-refractivity contribution in [2.45, 2.75) is 30.8 Å². The summed E-state index contributed by atoms with van der Waals surface area (Å²) < 4.78 is 38.5. The van der Waals surface area contributed by atoms with E-state index in [0.29, 0.717) is 15.9 Å². The second kappa shape index (κ2) is 9.18. The normalized spacial score (nSPS) is 11.5. The molecule has 1 heterocycles. The fourth-order valence-electron chi connectivity index (χ4n) is 1.96. The van der Waals surface area contributed by atoms with Gasteiger partial charge in [-0.1, -0.05) is 43.0 Å². The molecule has 0 fully saturated rings. The lowest BCUT2D eigenvalue weighted by Crippen LogP contribution is -2.15. The molecule has 0 saturated carbocycles. The topological polar surface area (TPSA) is 84.0 Å². The Morgan fingerprint density at radius 2 is 1.93 bits per heavy atom. The number of aromatic nitrogens is 2. The van der Waals surface area contributed by atoms with Crippen LogP contribution in [0.3, 0.4) is 0 Å². The van der Waals surface area contributed by atoms with E-state index in [9.17, 15) is 22.8 Å². The summed E-state index contributed by atoms with van der Waals surface area (Å²) in [6.45, 7) is 3.84. The molecule has 2 aromatic rings. The SMILES string of the molecule is CC(C)CC(=O)Nc1nnc(SCC(=O)Nc2cccc(C(F)(F)F)c2)s1. The van der Waals surface area contributed by atoms with Crippen LogP contribution in [0.5, 0.6) is 0 Å². The van der Waals surface area contributed by atoms with Gasteiger partial charge in [0, 0.05) is 12.1 Å². The fourth-order valence-corrected chi connectivity index (χ4v) is 3.53. The highest BCUT2D eigenvalue weighted by Gasteiger charge is 2.30. The van der Waals surface area contributed by atoms with Gasteiger partial charge in [-0.25, -0.2) is 0 Å². The Morgan fingerprint density at radius 3 is 2.59 bits per heavy atom. The third-order valence-electron chi connectivity index (χ3n) is 3.05. The second-order valence-electron chi connectivity index (χ2n) is 5.93. The number of hydrogen-bond donors (Lipinski definition) is 2. The largest absolute Gasteiger partial charge is 0.416 e. The smallest absolute Gasteiger partial charge is 0.325 e. The molecule has 0 unspecified atom stereocenters. The maximum Gasteiger partial charge on any atom is 0.416 e. The van der Waals surface area contributed by atoms with Gasteiger partial charge in [-0.05, 0) is 24.1 Å². The van der Waals surface area contributed by atoms with Crippen molar-refractivity contribution in [1.82, 2.24) is 10.2 Å². The Bertz CT molecular complexity index is 809. The molecule has 146 valence electrons. The predicted molar refractivity (Wildman–Crippen MR) is 98.8 cm³/mol. The van der Waals surface area contributed by atoms with Crippen molar-refractivity contribution in [2.24, 2.45) is 5.92 Å². The van der Waals surface area contributed by atoms with Gasteiger partial charge in [0.15, 0.2) is 4.34 Å². The molecule has 11 heteroatoms. The van der Waals surface area contributed by atoms with Crippen molar-refractivity contribution >= 4 is 45.7 Å². The molecule has 0 aliphatic heterocycles. The molecule has 0 radical (unpaired) electrons. The van der Waals surface area contributed by atoms with Crippen molar-refractivity contribution in [3.05, 3.63) is 29.8 Å². The zero-order valence-electron chi connectivity index (χ0n) is 14.5. The molecule has 0 saturated heterocycles. The number of amides is 2. The first kappa shape index (κ1) is 21.2. The molecule has 1 aromatic carbocycles. The van der Waals surface area contributed by atoms with E-state index in [0.717, 1.165) is 35.2 Å². The number of carbonyl (C=O) groups is 2. The maximum absolute atomic E-state index is 12.7. The van der Waals surface area contributed by atoms with E-state index < -0.39 is 17.6 Å². The molecule has 6 nitrogen and oxygen atoms in total. The molecular formula is C16H17F3N4O2S2. The quantitative estimate of drug-likeness (QED) is 0.518. The van der Waals surface area contributed by atoms with Gasteiger partial charge < -0.3 is 10.6 Å². The number of thioether (sulfide) groups is 1. The number of nitrogens with one attached hydrogen (secondary N) is 2. The van der Waals surface area contributed by atoms with Crippen molar-refractivity contribution in [2.75, 3.05) is 16.4 Å². The first-order chi connectivity index (χ1) is 12.6. The number of benzene rings is 1. The van der Waals surface area contributed by atoms with E-state index in [2.05, 4.69) is 20.8 Å². The average molecular weight is 418 g/mol.